The van der Waals surface area contributed by atoms with Crippen LogP contribution < -0.4 is 0 Å². The lowest BCUT2D eigenvalue weighted by Gasteiger charge is -2.23. The van der Waals surface area contributed by atoms with E-state index in [0.29, 0.717) is 0 Å². The lowest BCUT2D eigenvalue weighted by molar-refractivity contribution is 0.186. The molecule has 100 valence electrons. The van der Waals surface area contributed by atoms with Crippen LogP contribution in [0.15, 0.2) is 49.1 Å². The summed E-state index contributed by atoms with van der Waals surface area (Å²) in [6.45, 7) is 0. The van der Waals surface area contributed by atoms with Crippen LogP contribution in [0.2, 0.25) is 0 Å². The first-order chi connectivity index (χ1) is 9.03. The van der Waals surface area contributed by atoms with E-state index in [1.165, 1.54) is 49.1 Å². The summed E-state index contributed by atoms with van der Waals surface area (Å²) in [7, 11) is -4.29. The Hall–Kier alpha value is -1.59. The fourth-order valence-corrected chi connectivity index (χ4v) is 3.05. The van der Waals surface area contributed by atoms with E-state index in [2.05, 4.69) is 9.97 Å². The van der Waals surface area contributed by atoms with Gasteiger partial charge in [0, 0.05) is 35.9 Å². The van der Waals surface area contributed by atoms with Gasteiger partial charge in [-0.3, -0.25) is 14.5 Å². The molecule has 0 bridgehead atoms. The van der Waals surface area contributed by atoms with Crippen LogP contribution in [0.4, 0.5) is 0 Å². The number of hydrogen-bond acceptors (Lipinski definition) is 5. The molecule has 0 aliphatic heterocycles. The summed E-state index contributed by atoms with van der Waals surface area (Å²) in [5.41, 5.74) is 0.354. The molecule has 2 atom stereocenters. The Kier molecular flexibility index (Phi) is 4.07. The smallest absolute Gasteiger partial charge is 0.264 e. The van der Waals surface area contributed by atoms with Crippen molar-refractivity contribution in [3.63, 3.8) is 0 Å². The average molecular weight is 280 g/mol. The van der Waals surface area contributed by atoms with Gasteiger partial charge in [-0.1, -0.05) is 12.1 Å². The molecule has 7 heteroatoms. The van der Waals surface area contributed by atoms with E-state index in [-0.39, 0.29) is 11.1 Å². The quantitative estimate of drug-likeness (QED) is 0.732. The molecule has 0 fully saturated rings. The second-order valence-electron chi connectivity index (χ2n) is 3.99. The molecule has 2 rings (SSSR count). The van der Waals surface area contributed by atoms with E-state index >= 15 is 0 Å². The van der Waals surface area contributed by atoms with E-state index in [4.69, 9.17) is 0 Å². The van der Waals surface area contributed by atoms with E-state index in [1.54, 1.807) is 0 Å². The predicted molar refractivity (Wildman–Crippen MR) is 68.2 cm³/mol. The van der Waals surface area contributed by atoms with Crippen molar-refractivity contribution in [1.82, 2.24) is 9.97 Å². The van der Waals surface area contributed by atoms with E-state index in [0.717, 1.165) is 0 Å². The summed E-state index contributed by atoms with van der Waals surface area (Å²) in [4.78, 5) is 17.5. The van der Waals surface area contributed by atoms with Crippen molar-refractivity contribution >= 4 is 7.37 Å². The summed E-state index contributed by atoms with van der Waals surface area (Å²) >= 11 is 0. The van der Waals surface area contributed by atoms with Crippen LogP contribution >= 0.6 is 7.37 Å². The minimum absolute atomic E-state index is 0.177. The molecule has 2 heterocycles. The van der Waals surface area contributed by atoms with Gasteiger partial charge in [0.1, 0.15) is 0 Å². The Balaban J connectivity index is 2.30. The first-order valence-corrected chi connectivity index (χ1v) is 7.31. The van der Waals surface area contributed by atoms with Crippen LogP contribution in [0.5, 0.6) is 0 Å². The first kappa shape index (κ1) is 13.8. The standard InChI is InChI=1S/C12H13N2O4P/c15-11(9-3-1-5-13-7-9)19(17,18)12(16)10-4-2-6-14-8-10/h1-8,11-12,15-16H,(H,17,18). The van der Waals surface area contributed by atoms with Crippen molar-refractivity contribution < 1.29 is 19.7 Å². The number of aromatic nitrogens is 2. The number of pyridine rings is 2. The van der Waals surface area contributed by atoms with Gasteiger partial charge in [0.05, 0.1) is 0 Å². The summed E-state index contributed by atoms with van der Waals surface area (Å²) in [5.74, 6) is -3.40. The Morgan fingerprint density at radius 1 is 0.947 bits per heavy atom. The molecule has 0 spiro atoms. The van der Waals surface area contributed by atoms with Crippen molar-refractivity contribution in [2.24, 2.45) is 0 Å². The minimum Gasteiger partial charge on any atom is -0.378 e. The molecule has 19 heavy (non-hydrogen) atoms. The molecule has 2 unspecified atom stereocenters. The highest BCUT2D eigenvalue weighted by molar-refractivity contribution is 7.58. The number of nitrogens with zero attached hydrogens (tertiary/aromatic N) is 2. The lowest BCUT2D eigenvalue weighted by Crippen LogP contribution is -2.07. The molecule has 6 nitrogen and oxygen atoms in total. The number of aliphatic hydroxyl groups is 2. The molecular formula is C12H13N2O4P. The second kappa shape index (κ2) is 5.59. The van der Waals surface area contributed by atoms with Crippen LogP contribution in [0.3, 0.4) is 0 Å². The van der Waals surface area contributed by atoms with E-state index in [9.17, 15) is 19.7 Å². The largest absolute Gasteiger partial charge is 0.378 e. The first-order valence-electron chi connectivity index (χ1n) is 5.51. The van der Waals surface area contributed by atoms with Crippen molar-refractivity contribution in [2.45, 2.75) is 11.7 Å². The van der Waals surface area contributed by atoms with Crippen LogP contribution in [0.25, 0.3) is 0 Å². The molecular weight excluding hydrogens is 267 g/mol. The number of hydrogen-bond donors (Lipinski definition) is 3. The topological polar surface area (TPSA) is 104 Å². The molecule has 0 saturated heterocycles. The summed E-state index contributed by atoms with van der Waals surface area (Å²) < 4.78 is 12.2. The fraction of sp³-hybridized carbons (Fsp3) is 0.167. The maximum atomic E-state index is 12.2. The summed E-state index contributed by atoms with van der Waals surface area (Å²) in [5, 5.41) is 19.9. The highest BCUT2D eigenvalue weighted by atomic mass is 31.2. The van der Waals surface area contributed by atoms with Crippen LogP contribution in [0.1, 0.15) is 22.8 Å². The van der Waals surface area contributed by atoms with Crippen LogP contribution in [0, 0.1) is 0 Å². The Morgan fingerprint density at radius 2 is 1.37 bits per heavy atom. The van der Waals surface area contributed by atoms with Gasteiger partial charge in [-0.25, -0.2) is 0 Å². The van der Waals surface area contributed by atoms with Crippen molar-refractivity contribution in [3.05, 3.63) is 60.2 Å². The van der Waals surface area contributed by atoms with Gasteiger partial charge in [0.15, 0.2) is 11.7 Å². The maximum absolute atomic E-state index is 12.2. The highest BCUT2D eigenvalue weighted by Crippen LogP contribution is 2.63. The SMILES string of the molecule is O=P(O)(C(O)c1cccnc1)C(O)c1cccnc1. The van der Waals surface area contributed by atoms with E-state index < -0.39 is 19.1 Å². The normalized spacial score (nSPS) is 17.4. The number of rotatable bonds is 4. The third-order valence-electron chi connectivity index (χ3n) is 2.67. The zero-order chi connectivity index (χ0) is 13.9. The highest BCUT2D eigenvalue weighted by Gasteiger charge is 2.39. The van der Waals surface area contributed by atoms with Gasteiger partial charge in [0.2, 0.25) is 0 Å². The van der Waals surface area contributed by atoms with Crippen molar-refractivity contribution in [1.29, 1.82) is 0 Å². The third-order valence-corrected chi connectivity index (χ3v) is 4.66. The minimum atomic E-state index is -4.29. The van der Waals surface area contributed by atoms with E-state index in [1.807, 2.05) is 0 Å². The molecule has 0 saturated carbocycles. The van der Waals surface area contributed by atoms with Gasteiger partial charge < -0.3 is 15.1 Å². The summed E-state index contributed by atoms with van der Waals surface area (Å²) in [6, 6.07) is 6.01. The maximum Gasteiger partial charge on any atom is 0.264 e. The third kappa shape index (κ3) is 2.88. The van der Waals surface area contributed by atoms with Crippen LogP contribution in [-0.2, 0) is 4.57 Å². The summed E-state index contributed by atoms with van der Waals surface area (Å²) in [6.07, 6.45) is 5.53. The van der Waals surface area contributed by atoms with Gasteiger partial charge in [0.25, 0.3) is 7.37 Å². The molecule has 2 aromatic rings. The van der Waals surface area contributed by atoms with Gasteiger partial charge in [-0.15, -0.1) is 0 Å². The van der Waals surface area contributed by atoms with Crippen LogP contribution in [-0.4, -0.2) is 25.1 Å². The monoisotopic (exact) mass is 280 g/mol. The Labute approximate surface area is 109 Å². The van der Waals surface area contributed by atoms with Gasteiger partial charge in [-0.05, 0) is 12.1 Å². The van der Waals surface area contributed by atoms with Crippen molar-refractivity contribution in [2.75, 3.05) is 0 Å². The molecule has 0 aromatic carbocycles. The predicted octanol–water partition coefficient (Wildman–Crippen LogP) is 1.43. The molecule has 0 aliphatic carbocycles. The molecule has 0 amide bonds. The van der Waals surface area contributed by atoms with Crippen molar-refractivity contribution in [3.8, 4) is 0 Å². The zero-order valence-electron chi connectivity index (χ0n) is 9.87. The Bertz CT molecular complexity index is 529. The number of aliphatic hydroxyl groups excluding tert-OH is 2. The molecule has 2 aromatic heterocycles. The zero-order valence-corrected chi connectivity index (χ0v) is 10.8. The molecule has 0 radical (unpaired) electrons. The second-order valence-corrected chi connectivity index (χ2v) is 6.32. The fourth-order valence-electron chi connectivity index (χ4n) is 1.62. The Morgan fingerprint density at radius 3 is 1.68 bits per heavy atom. The van der Waals surface area contributed by atoms with Gasteiger partial charge in [-0.2, -0.15) is 0 Å². The molecule has 3 N–H and O–H groups in total. The molecule has 0 aliphatic rings. The van der Waals surface area contributed by atoms with Gasteiger partial charge >= 0.3 is 0 Å². The lowest BCUT2D eigenvalue weighted by atomic mass is 10.3. The average Bonchev–Trinajstić information content (AvgIpc) is 2.47.